The zero-order valence-corrected chi connectivity index (χ0v) is 13.8. The van der Waals surface area contributed by atoms with E-state index in [1.54, 1.807) is 10.9 Å². The van der Waals surface area contributed by atoms with Crippen molar-refractivity contribution in [1.29, 1.82) is 0 Å². The van der Waals surface area contributed by atoms with Gasteiger partial charge in [0.2, 0.25) is 0 Å². The van der Waals surface area contributed by atoms with Crippen LogP contribution in [0.2, 0.25) is 0 Å². The van der Waals surface area contributed by atoms with Gasteiger partial charge in [0.15, 0.2) is 5.69 Å². The molecule has 23 heavy (non-hydrogen) atoms. The lowest BCUT2D eigenvalue weighted by Gasteiger charge is -2.18. The van der Waals surface area contributed by atoms with Gasteiger partial charge in [-0.1, -0.05) is 0 Å². The van der Waals surface area contributed by atoms with Gasteiger partial charge in [0, 0.05) is 24.5 Å². The molecule has 0 spiro atoms. The van der Waals surface area contributed by atoms with Gasteiger partial charge in [-0.15, -0.1) is 11.3 Å². The van der Waals surface area contributed by atoms with Crippen LogP contribution >= 0.6 is 11.3 Å². The maximum absolute atomic E-state index is 12.4. The molecule has 0 atom stereocenters. The number of carbonyl (C=O) groups excluding carboxylic acids is 1. The Morgan fingerprint density at radius 2 is 2.04 bits per heavy atom. The molecule has 2 rings (SSSR count). The summed E-state index contributed by atoms with van der Waals surface area (Å²) in [6.07, 6.45) is -1.08. The molecule has 0 fully saturated rings. The number of rotatable bonds is 4. The van der Waals surface area contributed by atoms with Gasteiger partial charge < -0.3 is 5.32 Å². The van der Waals surface area contributed by atoms with E-state index in [9.17, 15) is 18.0 Å². The summed E-state index contributed by atoms with van der Waals surface area (Å²) >= 11 is 0.933. The van der Waals surface area contributed by atoms with E-state index < -0.39 is 11.9 Å². The molecule has 0 saturated carbocycles. The quantitative estimate of drug-likeness (QED) is 0.925. The minimum atomic E-state index is -4.43. The second-order valence-electron chi connectivity index (χ2n) is 5.97. The van der Waals surface area contributed by atoms with E-state index in [0.717, 1.165) is 16.7 Å². The molecule has 2 aromatic rings. The van der Waals surface area contributed by atoms with E-state index in [0.29, 0.717) is 10.6 Å². The van der Waals surface area contributed by atoms with E-state index in [-0.39, 0.29) is 24.4 Å². The van der Waals surface area contributed by atoms with Gasteiger partial charge >= 0.3 is 6.18 Å². The molecule has 0 aliphatic heterocycles. The van der Waals surface area contributed by atoms with Gasteiger partial charge in [-0.05, 0) is 20.8 Å². The Morgan fingerprint density at radius 3 is 2.57 bits per heavy atom. The average molecular weight is 346 g/mol. The molecule has 2 aromatic heterocycles. The molecule has 0 aromatic carbocycles. The van der Waals surface area contributed by atoms with Gasteiger partial charge in [-0.3, -0.25) is 9.48 Å². The first kappa shape index (κ1) is 17.5. The summed E-state index contributed by atoms with van der Waals surface area (Å²) in [6, 6.07) is 0. The van der Waals surface area contributed by atoms with Crippen LogP contribution < -0.4 is 5.32 Å². The molecule has 0 bridgehead atoms. The highest BCUT2D eigenvalue weighted by Gasteiger charge is 2.33. The molecule has 126 valence electrons. The Kier molecular flexibility index (Phi) is 4.79. The van der Waals surface area contributed by atoms with E-state index in [1.807, 2.05) is 20.8 Å². The molecule has 9 heteroatoms. The summed E-state index contributed by atoms with van der Waals surface area (Å²) < 4.78 is 39.0. The minimum absolute atomic E-state index is 0.213. The summed E-state index contributed by atoms with van der Waals surface area (Å²) in [4.78, 5) is 15.5. The van der Waals surface area contributed by atoms with Crippen molar-refractivity contribution in [3.63, 3.8) is 0 Å². The second-order valence-corrected chi connectivity index (χ2v) is 6.92. The normalized spacial score (nSPS) is 12.4. The highest BCUT2D eigenvalue weighted by atomic mass is 32.1. The third kappa shape index (κ3) is 4.54. The molecular formula is C14H17F3N4OS. The number of thiazole rings is 1. The van der Waals surface area contributed by atoms with Crippen molar-refractivity contribution in [2.24, 2.45) is 0 Å². The molecule has 0 unspecified atom stereocenters. The number of nitrogens with zero attached hydrogens (tertiary/aromatic N) is 3. The summed E-state index contributed by atoms with van der Waals surface area (Å²) in [5.41, 5.74) is -0.710. The van der Waals surface area contributed by atoms with Gasteiger partial charge in [0.05, 0.1) is 22.3 Å². The van der Waals surface area contributed by atoms with E-state index in [1.165, 1.54) is 6.20 Å². The summed E-state index contributed by atoms with van der Waals surface area (Å²) in [7, 11) is 0. The first-order valence-corrected chi connectivity index (χ1v) is 7.80. The lowest BCUT2D eigenvalue weighted by Crippen LogP contribution is -2.26. The van der Waals surface area contributed by atoms with Crippen molar-refractivity contribution in [2.45, 2.75) is 38.9 Å². The van der Waals surface area contributed by atoms with Crippen LogP contribution in [0.15, 0.2) is 17.8 Å². The van der Waals surface area contributed by atoms with Crippen molar-refractivity contribution in [1.82, 2.24) is 20.1 Å². The van der Waals surface area contributed by atoms with Crippen molar-refractivity contribution in [3.05, 3.63) is 34.0 Å². The van der Waals surface area contributed by atoms with Crippen LogP contribution in [0.1, 0.15) is 41.8 Å². The van der Waals surface area contributed by atoms with E-state index >= 15 is 0 Å². The fourth-order valence-electron chi connectivity index (χ4n) is 1.75. The Balaban J connectivity index is 1.88. The number of nitrogens with one attached hydrogen (secondary N) is 1. The zero-order valence-electron chi connectivity index (χ0n) is 12.9. The fourth-order valence-corrected chi connectivity index (χ4v) is 2.55. The number of aromatic nitrogens is 3. The smallest absolute Gasteiger partial charge is 0.352 e. The number of halogens is 3. The number of alkyl halides is 3. The van der Waals surface area contributed by atoms with Crippen LogP contribution in [0.5, 0.6) is 0 Å². The second kappa shape index (κ2) is 6.31. The topological polar surface area (TPSA) is 59.8 Å². The largest absolute Gasteiger partial charge is 0.434 e. The lowest BCUT2D eigenvalue weighted by molar-refractivity contribution is -0.140. The average Bonchev–Trinajstić information content (AvgIpc) is 3.06. The molecule has 1 amide bonds. The zero-order chi connectivity index (χ0) is 17.3. The molecule has 1 N–H and O–H groups in total. The Labute approximate surface area is 135 Å². The molecule has 0 saturated heterocycles. The number of hydrogen-bond acceptors (Lipinski definition) is 4. The number of amides is 1. The Bertz CT molecular complexity index is 685. The van der Waals surface area contributed by atoms with Crippen molar-refractivity contribution < 1.29 is 18.0 Å². The first-order valence-electron chi connectivity index (χ1n) is 6.92. The van der Waals surface area contributed by atoms with Crippen LogP contribution in [0.3, 0.4) is 0 Å². The number of carbonyl (C=O) groups is 1. The van der Waals surface area contributed by atoms with Crippen LogP contribution in [-0.2, 0) is 18.1 Å². The third-order valence-electron chi connectivity index (χ3n) is 3.00. The molecule has 2 heterocycles. The Morgan fingerprint density at radius 1 is 1.35 bits per heavy atom. The van der Waals surface area contributed by atoms with Crippen molar-refractivity contribution >= 4 is 17.2 Å². The molecule has 0 aliphatic carbocycles. The SMILES string of the molecule is CC(C)(C)n1cc(C(=O)NCCc2nc(C(F)(F)F)cs2)cn1. The van der Waals surface area contributed by atoms with Crippen molar-refractivity contribution in [3.8, 4) is 0 Å². The van der Waals surface area contributed by atoms with Gasteiger partial charge in [0.25, 0.3) is 5.91 Å². The van der Waals surface area contributed by atoms with Crippen molar-refractivity contribution in [2.75, 3.05) is 6.54 Å². The lowest BCUT2D eigenvalue weighted by atomic mass is 10.1. The summed E-state index contributed by atoms with van der Waals surface area (Å²) in [5.74, 6) is -0.312. The van der Waals surface area contributed by atoms with Gasteiger partial charge in [-0.25, -0.2) is 4.98 Å². The van der Waals surface area contributed by atoms with E-state index in [4.69, 9.17) is 0 Å². The molecular weight excluding hydrogens is 329 g/mol. The van der Waals surface area contributed by atoms with Gasteiger partial charge in [0.1, 0.15) is 0 Å². The maximum Gasteiger partial charge on any atom is 0.434 e. The van der Waals surface area contributed by atoms with Crippen LogP contribution in [0.25, 0.3) is 0 Å². The van der Waals surface area contributed by atoms with Crippen LogP contribution in [-0.4, -0.2) is 27.2 Å². The summed E-state index contributed by atoms with van der Waals surface area (Å²) in [5, 5.41) is 8.09. The summed E-state index contributed by atoms with van der Waals surface area (Å²) in [6.45, 7) is 6.09. The third-order valence-corrected chi connectivity index (χ3v) is 3.91. The Hall–Kier alpha value is -1.90. The monoisotopic (exact) mass is 346 g/mol. The predicted octanol–water partition coefficient (Wildman–Crippen LogP) is 3.09. The highest BCUT2D eigenvalue weighted by molar-refractivity contribution is 7.09. The molecule has 5 nitrogen and oxygen atoms in total. The van der Waals surface area contributed by atoms with E-state index in [2.05, 4.69) is 15.4 Å². The van der Waals surface area contributed by atoms with Crippen LogP contribution in [0.4, 0.5) is 13.2 Å². The first-order chi connectivity index (χ1) is 10.6. The minimum Gasteiger partial charge on any atom is -0.352 e. The van der Waals surface area contributed by atoms with Gasteiger partial charge in [-0.2, -0.15) is 18.3 Å². The fraction of sp³-hybridized carbons (Fsp3) is 0.500. The molecule has 0 aliphatic rings. The predicted molar refractivity (Wildman–Crippen MR) is 80.4 cm³/mol. The molecule has 0 radical (unpaired) electrons. The number of hydrogen-bond donors (Lipinski definition) is 1. The standard InChI is InChI=1S/C14H17F3N4OS/c1-13(2,3)21-7-9(6-19-21)12(22)18-5-4-11-20-10(8-23-11)14(15,16)17/h6-8H,4-5H2,1-3H3,(H,18,22). The maximum atomic E-state index is 12.4. The van der Waals surface area contributed by atoms with Crippen LogP contribution in [0, 0.1) is 0 Å². The highest BCUT2D eigenvalue weighted by Crippen LogP contribution is 2.30.